The molecule has 0 saturated carbocycles. The van der Waals surface area contributed by atoms with Gasteiger partial charge in [0.2, 0.25) is 0 Å². The van der Waals surface area contributed by atoms with E-state index < -0.39 is 23.5 Å². The van der Waals surface area contributed by atoms with E-state index in [9.17, 15) is 14.4 Å². The lowest BCUT2D eigenvalue weighted by Crippen LogP contribution is -2.30. The zero-order valence-corrected chi connectivity index (χ0v) is 17.1. The van der Waals surface area contributed by atoms with Crippen LogP contribution in [0.2, 0.25) is 0 Å². The number of carbonyl (C=O) groups excluding carboxylic acids is 2. The van der Waals surface area contributed by atoms with Crippen LogP contribution in [0.5, 0.6) is 0 Å². The van der Waals surface area contributed by atoms with Gasteiger partial charge in [0.1, 0.15) is 17.5 Å². The summed E-state index contributed by atoms with van der Waals surface area (Å²) in [4.78, 5) is 42.4. The Kier molecular flexibility index (Phi) is 6.77. The van der Waals surface area contributed by atoms with Crippen molar-refractivity contribution in [3.63, 3.8) is 0 Å². The maximum atomic E-state index is 13.0. The van der Waals surface area contributed by atoms with Crippen LogP contribution in [-0.2, 0) is 20.9 Å². The van der Waals surface area contributed by atoms with Gasteiger partial charge in [0.15, 0.2) is 0 Å². The lowest BCUT2D eigenvalue weighted by Gasteiger charge is -2.14. The van der Waals surface area contributed by atoms with Gasteiger partial charge < -0.3 is 9.47 Å². The molecular weight excluding hydrogens is 392 g/mol. The molecule has 3 aromatic rings. The van der Waals surface area contributed by atoms with E-state index in [1.807, 2.05) is 37.3 Å². The first-order valence-corrected chi connectivity index (χ1v) is 10.3. The summed E-state index contributed by atoms with van der Waals surface area (Å²) in [6, 6.07) is 8.39. The molecule has 0 radical (unpaired) electrons. The standard InChI is InChI=1S/C21H22N2O5S/c1-3-4-10-27-21(26)16-12-29-18-17(16)19(24)23(13-22-18)14(2)20(25)28-11-15-8-6-5-7-9-15/h5-9,12-14H,3-4,10-11H2,1-2H3. The van der Waals surface area contributed by atoms with E-state index in [1.165, 1.54) is 22.2 Å². The number of esters is 2. The number of thiophene rings is 1. The zero-order chi connectivity index (χ0) is 20.8. The number of hydrogen-bond acceptors (Lipinski definition) is 7. The van der Waals surface area contributed by atoms with Gasteiger partial charge in [-0.25, -0.2) is 14.6 Å². The first-order valence-electron chi connectivity index (χ1n) is 9.39. The second-order valence-electron chi connectivity index (χ2n) is 6.55. The van der Waals surface area contributed by atoms with Gasteiger partial charge in [-0.1, -0.05) is 43.7 Å². The minimum absolute atomic E-state index is 0.113. The molecule has 0 amide bonds. The van der Waals surface area contributed by atoms with E-state index in [-0.39, 0.29) is 17.6 Å². The van der Waals surface area contributed by atoms with Gasteiger partial charge in [-0.15, -0.1) is 11.3 Å². The molecule has 0 aliphatic heterocycles. The first kappa shape index (κ1) is 20.7. The summed E-state index contributed by atoms with van der Waals surface area (Å²) in [5, 5.41) is 1.73. The van der Waals surface area contributed by atoms with Gasteiger partial charge in [-0.05, 0) is 18.9 Å². The average molecular weight is 414 g/mol. The summed E-state index contributed by atoms with van der Waals surface area (Å²) in [5.41, 5.74) is 0.560. The molecule has 0 N–H and O–H groups in total. The van der Waals surface area contributed by atoms with Crippen molar-refractivity contribution in [1.82, 2.24) is 9.55 Å². The quantitative estimate of drug-likeness (QED) is 0.412. The van der Waals surface area contributed by atoms with Crippen LogP contribution < -0.4 is 5.56 Å². The highest BCUT2D eigenvalue weighted by molar-refractivity contribution is 7.17. The van der Waals surface area contributed by atoms with Crippen molar-refractivity contribution in [2.75, 3.05) is 6.61 Å². The molecule has 2 heterocycles. The summed E-state index contributed by atoms with van der Waals surface area (Å²) >= 11 is 1.19. The van der Waals surface area contributed by atoms with Crippen molar-refractivity contribution in [1.29, 1.82) is 0 Å². The molecule has 152 valence electrons. The maximum Gasteiger partial charge on any atom is 0.339 e. The van der Waals surface area contributed by atoms with Crippen LogP contribution in [0.15, 0.2) is 46.8 Å². The molecule has 3 rings (SSSR count). The maximum absolute atomic E-state index is 13.0. The molecule has 1 atom stereocenters. The fourth-order valence-corrected chi connectivity index (χ4v) is 3.59. The van der Waals surface area contributed by atoms with Gasteiger partial charge in [-0.3, -0.25) is 9.36 Å². The average Bonchev–Trinajstić information content (AvgIpc) is 3.18. The molecule has 1 aromatic carbocycles. The predicted octanol–water partition coefficient (Wildman–Crippen LogP) is 3.72. The van der Waals surface area contributed by atoms with Gasteiger partial charge in [-0.2, -0.15) is 0 Å². The number of aromatic nitrogens is 2. The molecule has 0 saturated heterocycles. The van der Waals surface area contributed by atoms with E-state index in [2.05, 4.69) is 4.98 Å². The van der Waals surface area contributed by atoms with Crippen LogP contribution in [0, 0.1) is 0 Å². The monoisotopic (exact) mass is 414 g/mol. The second-order valence-corrected chi connectivity index (χ2v) is 7.40. The van der Waals surface area contributed by atoms with Crippen LogP contribution in [0.1, 0.15) is 48.7 Å². The van der Waals surface area contributed by atoms with E-state index >= 15 is 0 Å². The molecule has 0 aliphatic rings. The Labute approximate surface area is 171 Å². The van der Waals surface area contributed by atoms with Crippen molar-refractivity contribution in [2.24, 2.45) is 0 Å². The smallest absolute Gasteiger partial charge is 0.339 e. The molecular formula is C21H22N2O5S. The molecule has 0 spiro atoms. The summed E-state index contributed by atoms with van der Waals surface area (Å²) in [5.74, 6) is -1.11. The number of ether oxygens (including phenoxy) is 2. The first-order chi connectivity index (χ1) is 14.0. The number of benzene rings is 1. The largest absolute Gasteiger partial charge is 0.462 e. The Morgan fingerprint density at radius 2 is 1.97 bits per heavy atom. The van der Waals surface area contributed by atoms with Crippen molar-refractivity contribution in [3.8, 4) is 0 Å². The Hall–Kier alpha value is -3.00. The van der Waals surface area contributed by atoms with Crippen molar-refractivity contribution in [2.45, 2.75) is 39.3 Å². The minimum atomic E-state index is -0.882. The SMILES string of the molecule is CCCCOC(=O)c1csc2ncn(C(C)C(=O)OCc3ccccc3)c(=O)c12. The highest BCUT2D eigenvalue weighted by Crippen LogP contribution is 2.22. The third kappa shape index (κ3) is 4.71. The Balaban J connectivity index is 1.81. The van der Waals surface area contributed by atoms with Crippen LogP contribution in [0.25, 0.3) is 10.2 Å². The number of fused-ring (bicyclic) bond motifs is 1. The number of hydrogen-bond donors (Lipinski definition) is 0. The molecule has 0 fully saturated rings. The molecule has 0 aliphatic carbocycles. The highest BCUT2D eigenvalue weighted by Gasteiger charge is 2.23. The summed E-state index contributed by atoms with van der Waals surface area (Å²) in [6.45, 7) is 3.97. The second kappa shape index (κ2) is 9.47. The normalized spacial score (nSPS) is 11.9. The van der Waals surface area contributed by atoms with E-state index in [0.717, 1.165) is 18.4 Å². The third-order valence-corrected chi connectivity index (χ3v) is 5.34. The Morgan fingerprint density at radius 3 is 2.69 bits per heavy atom. The molecule has 0 bridgehead atoms. The Bertz CT molecular complexity index is 1060. The summed E-state index contributed by atoms with van der Waals surface area (Å²) in [7, 11) is 0. The lowest BCUT2D eigenvalue weighted by atomic mass is 10.2. The van der Waals surface area contributed by atoms with E-state index in [1.54, 1.807) is 12.3 Å². The van der Waals surface area contributed by atoms with Gasteiger partial charge in [0.05, 0.1) is 23.9 Å². The molecule has 29 heavy (non-hydrogen) atoms. The van der Waals surface area contributed by atoms with Crippen LogP contribution in [0.3, 0.4) is 0 Å². The molecule has 8 heteroatoms. The predicted molar refractivity (Wildman–Crippen MR) is 110 cm³/mol. The van der Waals surface area contributed by atoms with Gasteiger partial charge in [0.25, 0.3) is 5.56 Å². The van der Waals surface area contributed by atoms with Gasteiger partial charge in [0, 0.05) is 5.38 Å². The third-order valence-electron chi connectivity index (χ3n) is 4.45. The number of nitrogens with zero attached hydrogens (tertiary/aromatic N) is 2. The number of rotatable bonds is 8. The zero-order valence-electron chi connectivity index (χ0n) is 16.3. The Morgan fingerprint density at radius 1 is 1.21 bits per heavy atom. The fourth-order valence-electron chi connectivity index (χ4n) is 2.72. The number of unbranched alkanes of at least 4 members (excludes halogenated alkanes) is 1. The van der Waals surface area contributed by atoms with E-state index in [4.69, 9.17) is 9.47 Å². The fraction of sp³-hybridized carbons (Fsp3) is 0.333. The van der Waals surface area contributed by atoms with Gasteiger partial charge >= 0.3 is 11.9 Å². The van der Waals surface area contributed by atoms with Crippen LogP contribution >= 0.6 is 11.3 Å². The molecule has 7 nitrogen and oxygen atoms in total. The minimum Gasteiger partial charge on any atom is -0.462 e. The lowest BCUT2D eigenvalue weighted by molar-refractivity contribution is -0.148. The summed E-state index contributed by atoms with van der Waals surface area (Å²) < 4.78 is 11.7. The molecule has 1 unspecified atom stereocenters. The van der Waals surface area contributed by atoms with Crippen molar-refractivity contribution >= 4 is 33.5 Å². The van der Waals surface area contributed by atoms with E-state index in [0.29, 0.717) is 11.4 Å². The van der Waals surface area contributed by atoms with Crippen LogP contribution in [-0.4, -0.2) is 28.1 Å². The summed E-state index contributed by atoms with van der Waals surface area (Å²) in [6.07, 6.45) is 2.96. The van der Waals surface area contributed by atoms with Crippen molar-refractivity contribution < 1.29 is 19.1 Å². The topological polar surface area (TPSA) is 87.5 Å². The highest BCUT2D eigenvalue weighted by atomic mass is 32.1. The number of carbonyl (C=O) groups is 2. The van der Waals surface area contributed by atoms with Crippen molar-refractivity contribution in [3.05, 3.63) is 63.5 Å². The van der Waals surface area contributed by atoms with Crippen LogP contribution in [0.4, 0.5) is 0 Å². The molecule has 2 aromatic heterocycles.